The van der Waals surface area contributed by atoms with Crippen LogP contribution in [0.1, 0.15) is 6.42 Å². The first kappa shape index (κ1) is 6.27. The molecule has 0 aromatic rings. The molecule has 0 radical (unpaired) electrons. The molecule has 1 atom stereocenters. The van der Waals surface area contributed by atoms with E-state index in [0.717, 1.165) is 0 Å². The maximum absolute atomic E-state index is 11.0. The molecule has 4 heteroatoms. The van der Waals surface area contributed by atoms with E-state index in [1.807, 2.05) is 23.4 Å². The number of fused-ring (bicyclic) bond motifs is 1. The highest BCUT2D eigenvalue weighted by molar-refractivity contribution is 5.78. The number of amides is 1. The van der Waals surface area contributed by atoms with Gasteiger partial charge in [-0.2, -0.15) is 0 Å². The van der Waals surface area contributed by atoms with Crippen LogP contribution >= 0.6 is 0 Å². The molecule has 0 spiro atoms. The minimum Gasteiger partial charge on any atom is -0.331 e. The minimum absolute atomic E-state index is 0.0127. The van der Waals surface area contributed by atoms with E-state index in [1.54, 1.807) is 6.20 Å². The van der Waals surface area contributed by atoms with Crippen LogP contribution in [0.5, 0.6) is 0 Å². The van der Waals surface area contributed by atoms with Gasteiger partial charge in [-0.25, -0.2) is 0 Å². The molecule has 0 saturated heterocycles. The van der Waals surface area contributed by atoms with Crippen molar-refractivity contribution < 1.29 is 4.79 Å². The Kier molecular flexibility index (Phi) is 1.31. The zero-order valence-corrected chi connectivity index (χ0v) is 5.95. The van der Waals surface area contributed by atoms with Gasteiger partial charge in [0.1, 0.15) is 6.17 Å². The number of nitrogens with one attached hydrogen (secondary N) is 2. The molecule has 2 rings (SSSR count). The molecule has 0 fully saturated rings. The van der Waals surface area contributed by atoms with E-state index in [9.17, 15) is 4.79 Å². The molecule has 1 unspecified atom stereocenters. The first-order valence-electron chi connectivity index (χ1n) is 3.53. The van der Waals surface area contributed by atoms with Crippen LogP contribution in [-0.4, -0.2) is 17.1 Å². The molecule has 2 N–H and O–H groups in total. The smallest absolute Gasteiger partial charge is 0.225 e. The lowest BCUT2D eigenvalue weighted by Crippen LogP contribution is -2.43. The molecule has 1 amide bonds. The quantitative estimate of drug-likeness (QED) is 0.498. The Morgan fingerprint density at radius 2 is 2.55 bits per heavy atom. The van der Waals surface area contributed by atoms with Gasteiger partial charge < -0.3 is 10.7 Å². The van der Waals surface area contributed by atoms with Gasteiger partial charge in [-0.3, -0.25) is 9.80 Å². The van der Waals surface area contributed by atoms with E-state index in [4.69, 9.17) is 0 Å². The minimum atomic E-state index is -0.0127. The van der Waals surface area contributed by atoms with Crippen LogP contribution in [0, 0.1) is 0 Å². The van der Waals surface area contributed by atoms with Crippen LogP contribution in [0.25, 0.3) is 0 Å². The predicted molar refractivity (Wildman–Crippen MR) is 39.8 cm³/mol. The maximum atomic E-state index is 11.0. The van der Waals surface area contributed by atoms with E-state index in [2.05, 4.69) is 10.7 Å². The number of hydrazine groups is 1. The molecule has 11 heavy (non-hydrogen) atoms. The number of hydrogen-bond donors (Lipinski definition) is 2. The van der Waals surface area contributed by atoms with Gasteiger partial charge in [-0.1, -0.05) is 6.08 Å². The molecule has 4 nitrogen and oxygen atoms in total. The summed E-state index contributed by atoms with van der Waals surface area (Å²) in [6.45, 7) is 0. The highest BCUT2D eigenvalue weighted by atomic mass is 16.1. The van der Waals surface area contributed by atoms with E-state index >= 15 is 0 Å². The third kappa shape index (κ3) is 1.07. The highest BCUT2D eigenvalue weighted by Gasteiger charge is 2.19. The van der Waals surface area contributed by atoms with Crippen molar-refractivity contribution in [2.45, 2.75) is 12.6 Å². The summed E-state index contributed by atoms with van der Waals surface area (Å²) in [5.74, 6) is 0.0575. The second kappa shape index (κ2) is 2.30. The molecule has 2 heterocycles. The Morgan fingerprint density at radius 1 is 1.64 bits per heavy atom. The standard InChI is InChI=1S/C7H9N3O/c11-7-2-1-5-10-6(9-7)3-4-8-10/h1,3-6,8H,2H2,(H,9,11). The van der Waals surface area contributed by atoms with Gasteiger partial charge in [0.15, 0.2) is 0 Å². The fraction of sp³-hybridized carbons (Fsp3) is 0.286. The first-order valence-corrected chi connectivity index (χ1v) is 3.53. The molecule has 2 aliphatic heterocycles. The summed E-state index contributed by atoms with van der Waals surface area (Å²) >= 11 is 0. The zero-order valence-electron chi connectivity index (χ0n) is 5.95. The van der Waals surface area contributed by atoms with Gasteiger partial charge in [0.05, 0.1) is 0 Å². The Labute approximate surface area is 64.5 Å². The third-order valence-corrected chi connectivity index (χ3v) is 1.68. The summed E-state index contributed by atoms with van der Waals surface area (Å²) in [5, 5.41) is 4.65. The lowest BCUT2D eigenvalue weighted by Gasteiger charge is -2.20. The normalized spacial score (nSPS) is 27.5. The van der Waals surface area contributed by atoms with E-state index in [-0.39, 0.29) is 12.1 Å². The van der Waals surface area contributed by atoms with Gasteiger partial charge in [0.25, 0.3) is 0 Å². The van der Waals surface area contributed by atoms with Crippen molar-refractivity contribution in [3.05, 3.63) is 24.6 Å². The van der Waals surface area contributed by atoms with Crippen molar-refractivity contribution in [1.82, 2.24) is 15.8 Å². The SMILES string of the molecule is O=C1CC=CN2NC=CC2N1. The Morgan fingerprint density at radius 3 is 3.45 bits per heavy atom. The van der Waals surface area contributed by atoms with Gasteiger partial charge in [0.2, 0.25) is 5.91 Å². The molecular weight excluding hydrogens is 142 g/mol. The molecule has 58 valence electrons. The summed E-state index contributed by atoms with van der Waals surface area (Å²) in [5.41, 5.74) is 2.97. The molecular formula is C7H9N3O. The second-order valence-corrected chi connectivity index (χ2v) is 2.50. The fourth-order valence-corrected chi connectivity index (χ4v) is 1.14. The van der Waals surface area contributed by atoms with Crippen molar-refractivity contribution >= 4 is 5.91 Å². The van der Waals surface area contributed by atoms with Crippen molar-refractivity contribution in [2.75, 3.05) is 0 Å². The van der Waals surface area contributed by atoms with Gasteiger partial charge >= 0.3 is 0 Å². The van der Waals surface area contributed by atoms with E-state index < -0.39 is 0 Å². The Hall–Kier alpha value is -1.45. The largest absolute Gasteiger partial charge is 0.331 e. The van der Waals surface area contributed by atoms with Crippen molar-refractivity contribution in [2.24, 2.45) is 0 Å². The summed E-state index contributed by atoms with van der Waals surface area (Å²) in [4.78, 5) is 11.0. The molecule has 0 saturated carbocycles. The summed E-state index contributed by atoms with van der Waals surface area (Å²) in [6, 6.07) is 0. The van der Waals surface area contributed by atoms with Crippen LogP contribution in [0.15, 0.2) is 24.6 Å². The summed E-state index contributed by atoms with van der Waals surface area (Å²) in [7, 11) is 0. The van der Waals surface area contributed by atoms with Crippen LogP contribution in [0.2, 0.25) is 0 Å². The molecule has 0 aliphatic carbocycles. The zero-order chi connectivity index (χ0) is 7.68. The summed E-state index contributed by atoms with van der Waals surface area (Å²) < 4.78 is 0. The monoisotopic (exact) mass is 151 g/mol. The first-order chi connectivity index (χ1) is 5.36. The number of hydrogen-bond acceptors (Lipinski definition) is 3. The van der Waals surface area contributed by atoms with E-state index in [1.165, 1.54) is 0 Å². The van der Waals surface area contributed by atoms with Crippen molar-refractivity contribution in [1.29, 1.82) is 0 Å². The average Bonchev–Trinajstić information content (AvgIpc) is 2.31. The maximum Gasteiger partial charge on any atom is 0.225 e. The molecule has 0 aromatic carbocycles. The molecule has 0 bridgehead atoms. The Balaban J connectivity index is 2.17. The third-order valence-electron chi connectivity index (χ3n) is 1.68. The molecule has 0 aromatic heterocycles. The molecule has 2 aliphatic rings. The lowest BCUT2D eigenvalue weighted by molar-refractivity contribution is -0.121. The van der Waals surface area contributed by atoms with Crippen LogP contribution < -0.4 is 10.7 Å². The van der Waals surface area contributed by atoms with Gasteiger partial charge in [-0.15, -0.1) is 0 Å². The van der Waals surface area contributed by atoms with Gasteiger partial charge in [-0.05, 0) is 6.08 Å². The van der Waals surface area contributed by atoms with Crippen molar-refractivity contribution in [3.8, 4) is 0 Å². The Bertz CT molecular complexity index is 234. The summed E-state index contributed by atoms with van der Waals surface area (Å²) in [6.07, 6.45) is 7.84. The number of carbonyl (C=O) groups is 1. The number of nitrogens with zero attached hydrogens (tertiary/aromatic N) is 1. The predicted octanol–water partition coefficient (Wildman–Crippen LogP) is -0.320. The lowest BCUT2D eigenvalue weighted by atomic mass is 10.4. The number of carbonyl (C=O) groups excluding carboxylic acids is 1. The topological polar surface area (TPSA) is 44.4 Å². The van der Waals surface area contributed by atoms with Crippen LogP contribution in [0.3, 0.4) is 0 Å². The number of rotatable bonds is 0. The van der Waals surface area contributed by atoms with E-state index in [0.29, 0.717) is 6.42 Å². The van der Waals surface area contributed by atoms with Crippen molar-refractivity contribution in [3.63, 3.8) is 0 Å². The van der Waals surface area contributed by atoms with Crippen LogP contribution in [-0.2, 0) is 4.79 Å². The average molecular weight is 151 g/mol. The highest BCUT2D eigenvalue weighted by Crippen LogP contribution is 2.06. The fourth-order valence-electron chi connectivity index (χ4n) is 1.14. The van der Waals surface area contributed by atoms with Gasteiger partial charge in [0, 0.05) is 18.8 Å². The van der Waals surface area contributed by atoms with Crippen LogP contribution in [0.4, 0.5) is 0 Å². The second-order valence-electron chi connectivity index (χ2n) is 2.50.